The van der Waals surface area contributed by atoms with E-state index in [-0.39, 0.29) is 33.6 Å². The first-order chi connectivity index (χ1) is 13.1. The quantitative estimate of drug-likeness (QED) is 0.704. The molecule has 0 aliphatic carbocycles. The monoisotopic (exact) mass is 403 g/mol. The predicted octanol–water partition coefficient (Wildman–Crippen LogP) is 4.75. The van der Waals surface area contributed by atoms with Crippen LogP contribution in [0.15, 0.2) is 24.3 Å². The van der Waals surface area contributed by atoms with Crippen molar-refractivity contribution in [2.24, 2.45) is 0 Å². The third kappa shape index (κ3) is 5.19. The minimum Gasteiger partial charge on any atom is -0.459 e. The van der Waals surface area contributed by atoms with Crippen LogP contribution >= 0.6 is 11.3 Å². The molecule has 1 N–H and O–H groups in total. The molecular weight excluding hydrogens is 378 g/mol. The molecule has 1 aromatic carbocycles. The average molecular weight is 404 g/mol. The van der Waals surface area contributed by atoms with Gasteiger partial charge in [-0.3, -0.25) is 4.79 Å². The summed E-state index contributed by atoms with van der Waals surface area (Å²) in [4.78, 5) is 37.9. The second-order valence-corrected chi connectivity index (χ2v) is 8.01. The summed E-state index contributed by atoms with van der Waals surface area (Å²) in [6.45, 7) is 10.5. The van der Waals surface area contributed by atoms with E-state index in [1.54, 1.807) is 46.8 Å². The maximum Gasteiger partial charge on any atom is 0.348 e. The molecule has 0 spiro atoms. The summed E-state index contributed by atoms with van der Waals surface area (Å²) in [7, 11) is 0. The standard InChI is InChI=1S/C21H25NO5S/c1-11(2)26-20(24)16-14(6)17(21(25)27-12(3)4)28-19(16)22-18(23)15-9-7-13(5)8-10-15/h7-12H,1-6H3,(H,22,23). The minimum atomic E-state index is -0.591. The molecule has 150 valence electrons. The van der Waals surface area contributed by atoms with Gasteiger partial charge in [0.25, 0.3) is 5.91 Å². The summed E-state index contributed by atoms with van der Waals surface area (Å²) >= 11 is 1.01. The first kappa shape index (κ1) is 21.6. The first-order valence-corrected chi connectivity index (χ1v) is 9.85. The number of thiophene rings is 1. The van der Waals surface area contributed by atoms with Gasteiger partial charge in [-0.1, -0.05) is 17.7 Å². The third-order valence-electron chi connectivity index (χ3n) is 3.76. The maximum absolute atomic E-state index is 12.6. The van der Waals surface area contributed by atoms with E-state index in [1.807, 2.05) is 19.1 Å². The summed E-state index contributed by atoms with van der Waals surface area (Å²) < 4.78 is 10.6. The molecule has 0 saturated carbocycles. The number of ether oxygens (including phenoxy) is 2. The van der Waals surface area contributed by atoms with E-state index in [1.165, 1.54) is 0 Å². The SMILES string of the molecule is Cc1ccc(C(=O)Nc2sc(C(=O)OC(C)C)c(C)c2C(=O)OC(C)C)cc1. The summed E-state index contributed by atoms with van der Waals surface area (Å²) in [6, 6.07) is 7.05. The molecule has 0 fully saturated rings. The lowest BCUT2D eigenvalue weighted by atomic mass is 10.1. The topological polar surface area (TPSA) is 81.7 Å². The molecule has 0 aliphatic heterocycles. The Balaban J connectivity index is 2.42. The van der Waals surface area contributed by atoms with Crippen LogP contribution in [0.4, 0.5) is 5.00 Å². The van der Waals surface area contributed by atoms with Crippen molar-refractivity contribution in [3.05, 3.63) is 51.4 Å². The van der Waals surface area contributed by atoms with Crippen molar-refractivity contribution in [2.75, 3.05) is 5.32 Å². The number of amides is 1. The van der Waals surface area contributed by atoms with Gasteiger partial charge in [0.15, 0.2) is 0 Å². The van der Waals surface area contributed by atoms with Gasteiger partial charge in [0.2, 0.25) is 0 Å². The van der Waals surface area contributed by atoms with Crippen LogP contribution in [0, 0.1) is 13.8 Å². The molecule has 2 rings (SSSR count). The van der Waals surface area contributed by atoms with E-state index < -0.39 is 11.9 Å². The lowest BCUT2D eigenvalue weighted by Crippen LogP contribution is -2.17. The van der Waals surface area contributed by atoms with Crippen LogP contribution in [0.25, 0.3) is 0 Å². The smallest absolute Gasteiger partial charge is 0.348 e. The third-order valence-corrected chi connectivity index (χ3v) is 4.95. The van der Waals surface area contributed by atoms with Crippen LogP contribution in [0.1, 0.15) is 69.2 Å². The highest BCUT2D eigenvalue weighted by Gasteiger charge is 2.28. The van der Waals surface area contributed by atoms with E-state index in [0.29, 0.717) is 11.1 Å². The number of esters is 2. The molecule has 0 saturated heterocycles. The van der Waals surface area contributed by atoms with Crippen LogP contribution in [-0.4, -0.2) is 30.1 Å². The highest BCUT2D eigenvalue weighted by Crippen LogP contribution is 2.35. The Morgan fingerprint density at radius 1 is 0.893 bits per heavy atom. The van der Waals surface area contributed by atoms with E-state index >= 15 is 0 Å². The minimum absolute atomic E-state index is 0.176. The number of hydrogen-bond acceptors (Lipinski definition) is 6. The average Bonchev–Trinajstić information content (AvgIpc) is 2.90. The molecule has 6 nitrogen and oxygen atoms in total. The Morgan fingerprint density at radius 3 is 1.96 bits per heavy atom. The van der Waals surface area contributed by atoms with Gasteiger partial charge in [-0.25, -0.2) is 9.59 Å². The summed E-state index contributed by atoms with van der Waals surface area (Å²) in [5.41, 5.74) is 2.09. The molecule has 1 amide bonds. The largest absolute Gasteiger partial charge is 0.459 e. The Hall–Kier alpha value is -2.67. The summed E-state index contributed by atoms with van der Waals surface area (Å²) in [6.07, 6.45) is -0.635. The molecule has 0 radical (unpaired) electrons. The molecule has 0 bridgehead atoms. The van der Waals surface area contributed by atoms with Crippen molar-refractivity contribution in [1.29, 1.82) is 0 Å². The molecule has 0 aliphatic rings. The summed E-state index contributed by atoms with van der Waals surface area (Å²) in [5.74, 6) is -1.50. The van der Waals surface area contributed by atoms with Gasteiger partial charge in [0.05, 0.1) is 17.8 Å². The fourth-order valence-corrected chi connectivity index (χ4v) is 3.54. The molecule has 0 unspecified atom stereocenters. The van der Waals surface area contributed by atoms with Crippen molar-refractivity contribution in [2.45, 2.75) is 53.8 Å². The summed E-state index contributed by atoms with van der Waals surface area (Å²) in [5, 5.41) is 3.01. The maximum atomic E-state index is 12.6. The number of hydrogen-bond donors (Lipinski definition) is 1. The van der Waals surface area contributed by atoms with Crippen molar-refractivity contribution < 1.29 is 23.9 Å². The Bertz CT molecular complexity index is 881. The second kappa shape index (κ2) is 9.01. The van der Waals surface area contributed by atoms with E-state index in [4.69, 9.17) is 9.47 Å². The van der Waals surface area contributed by atoms with Crippen LogP contribution in [-0.2, 0) is 9.47 Å². The molecule has 2 aromatic rings. The molecule has 28 heavy (non-hydrogen) atoms. The highest BCUT2D eigenvalue weighted by atomic mass is 32.1. The molecule has 1 aromatic heterocycles. The molecular formula is C21H25NO5S. The highest BCUT2D eigenvalue weighted by molar-refractivity contribution is 7.18. The van der Waals surface area contributed by atoms with Crippen molar-refractivity contribution in [1.82, 2.24) is 0 Å². The number of benzene rings is 1. The fourth-order valence-electron chi connectivity index (χ4n) is 2.46. The normalized spacial score (nSPS) is 10.9. The lowest BCUT2D eigenvalue weighted by Gasteiger charge is -2.10. The number of aryl methyl sites for hydroxylation is 1. The van der Waals surface area contributed by atoms with Crippen LogP contribution in [0.2, 0.25) is 0 Å². The van der Waals surface area contributed by atoms with Gasteiger partial charge >= 0.3 is 11.9 Å². The van der Waals surface area contributed by atoms with Crippen molar-refractivity contribution in [3.8, 4) is 0 Å². The van der Waals surface area contributed by atoms with Crippen LogP contribution < -0.4 is 5.32 Å². The lowest BCUT2D eigenvalue weighted by molar-refractivity contribution is 0.0378. The molecule has 1 heterocycles. The predicted molar refractivity (Wildman–Crippen MR) is 109 cm³/mol. The second-order valence-electron chi connectivity index (χ2n) is 6.99. The fraction of sp³-hybridized carbons (Fsp3) is 0.381. The Kier molecular flexibility index (Phi) is 6.96. The number of carbonyl (C=O) groups excluding carboxylic acids is 3. The Labute approximate surface area is 168 Å². The molecule has 7 heteroatoms. The number of anilines is 1. The van der Waals surface area contributed by atoms with Gasteiger partial charge < -0.3 is 14.8 Å². The van der Waals surface area contributed by atoms with Crippen LogP contribution in [0.3, 0.4) is 0 Å². The first-order valence-electron chi connectivity index (χ1n) is 9.03. The van der Waals surface area contributed by atoms with E-state index in [9.17, 15) is 14.4 Å². The van der Waals surface area contributed by atoms with Crippen molar-refractivity contribution in [3.63, 3.8) is 0 Å². The van der Waals surface area contributed by atoms with Crippen LogP contribution in [0.5, 0.6) is 0 Å². The van der Waals surface area contributed by atoms with Gasteiger partial charge in [-0.05, 0) is 59.2 Å². The Morgan fingerprint density at radius 2 is 1.43 bits per heavy atom. The molecule has 0 atom stereocenters. The van der Waals surface area contributed by atoms with E-state index in [2.05, 4.69) is 5.32 Å². The number of carbonyl (C=O) groups is 3. The zero-order chi connectivity index (χ0) is 21.0. The van der Waals surface area contributed by atoms with Gasteiger partial charge in [0.1, 0.15) is 9.88 Å². The number of nitrogens with one attached hydrogen (secondary N) is 1. The van der Waals surface area contributed by atoms with Gasteiger partial charge in [-0.15, -0.1) is 11.3 Å². The van der Waals surface area contributed by atoms with Gasteiger partial charge in [-0.2, -0.15) is 0 Å². The van der Waals surface area contributed by atoms with Crippen molar-refractivity contribution >= 4 is 34.2 Å². The van der Waals surface area contributed by atoms with E-state index in [0.717, 1.165) is 16.9 Å². The number of rotatable bonds is 6. The van der Waals surface area contributed by atoms with Gasteiger partial charge in [0, 0.05) is 5.56 Å². The zero-order valence-corrected chi connectivity index (χ0v) is 17.7. The zero-order valence-electron chi connectivity index (χ0n) is 16.9.